The molecule has 1 saturated heterocycles. The second-order valence-electron chi connectivity index (χ2n) is 4.53. The molecule has 9 heteroatoms. The second-order valence-corrected chi connectivity index (χ2v) is 4.53. The highest BCUT2D eigenvalue weighted by molar-refractivity contribution is 5.93. The molecule has 0 amide bonds. The first-order chi connectivity index (χ1) is 10.1. The number of nitrogens with one attached hydrogen (secondary N) is 1. The second kappa shape index (κ2) is 6.95. The molecule has 1 aromatic rings. The van der Waals surface area contributed by atoms with Crippen molar-refractivity contribution < 1.29 is 19.6 Å². The number of hydrogen-bond acceptors (Lipinski definition) is 7. The molecule has 2 rings (SSSR count). The van der Waals surface area contributed by atoms with E-state index in [2.05, 4.69) is 15.2 Å². The van der Waals surface area contributed by atoms with Crippen LogP contribution in [0.2, 0.25) is 0 Å². The lowest BCUT2D eigenvalue weighted by Crippen LogP contribution is -2.39. The number of aromatic carboxylic acids is 1. The highest BCUT2D eigenvalue weighted by Crippen LogP contribution is 2.20. The average Bonchev–Trinajstić information content (AvgIpc) is 2.48. The minimum absolute atomic E-state index is 0.311. The van der Waals surface area contributed by atoms with Gasteiger partial charge in [0.25, 0.3) is 0 Å². The zero-order valence-electron chi connectivity index (χ0n) is 11.3. The molecular weight excluding hydrogens is 280 g/mol. The SMILES string of the molecule is O=C(O)c1cc(NCCN2CCOCC2)ncc1[N+](=O)[O-]. The maximum Gasteiger partial charge on any atom is 0.342 e. The van der Waals surface area contributed by atoms with Crippen LogP contribution in [0.25, 0.3) is 0 Å². The Hall–Kier alpha value is -2.26. The molecule has 0 unspecified atom stereocenters. The van der Waals surface area contributed by atoms with E-state index < -0.39 is 16.6 Å². The van der Waals surface area contributed by atoms with E-state index in [4.69, 9.17) is 9.84 Å². The number of anilines is 1. The third kappa shape index (κ3) is 4.10. The maximum atomic E-state index is 11.0. The summed E-state index contributed by atoms with van der Waals surface area (Å²) in [5.41, 5.74) is -0.884. The molecule has 1 aromatic heterocycles. The third-order valence-corrected chi connectivity index (χ3v) is 3.15. The fraction of sp³-hybridized carbons (Fsp3) is 0.500. The van der Waals surface area contributed by atoms with Crippen molar-refractivity contribution in [3.05, 3.63) is 27.9 Å². The van der Waals surface area contributed by atoms with E-state index >= 15 is 0 Å². The van der Waals surface area contributed by atoms with E-state index in [0.717, 1.165) is 25.8 Å². The highest BCUT2D eigenvalue weighted by atomic mass is 16.6. The van der Waals surface area contributed by atoms with Gasteiger partial charge in [-0.15, -0.1) is 0 Å². The Morgan fingerprint density at radius 3 is 2.86 bits per heavy atom. The molecule has 0 saturated carbocycles. The predicted octanol–water partition coefficient (Wildman–Crippen LogP) is 0.432. The molecule has 1 aliphatic rings. The molecule has 2 N–H and O–H groups in total. The van der Waals surface area contributed by atoms with Crippen molar-refractivity contribution in [1.82, 2.24) is 9.88 Å². The molecule has 21 heavy (non-hydrogen) atoms. The van der Waals surface area contributed by atoms with Gasteiger partial charge in [0.1, 0.15) is 17.6 Å². The first-order valence-corrected chi connectivity index (χ1v) is 6.49. The van der Waals surface area contributed by atoms with E-state index in [0.29, 0.717) is 25.6 Å². The summed E-state index contributed by atoms with van der Waals surface area (Å²) in [6, 6.07) is 1.18. The Balaban J connectivity index is 1.95. The van der Waals surface area contributed by atoms with Gasteiger partial charge >= 0.3 is 11.7 Å². The van der Waals surface area contributed by atoms with Gasteiger partial charge in [-0.1, -0.05) is 0 Å². The molecule has 2 heterocycles. The van der Waals surface area contributed by atoms with Crippen molar-refractivity contribution in [2.75, 3.05) is 44.7 Å². The molecule has 0 atom stereocenters. The van der Waals surface area contributed by atoms with Gasteiger partial charge in [-0.25, -0.2) is 9.78 Å². The summed E-state index contributed by atoms with van der Waals surface area (Å²) in [4.78, 5) is 27.1. The zero-order chi connectivity index (χ0) is 15.2. The summed E-state index contributed by atoms with van der Waals surface area (Å²) in [6.07, 6.45) is 0.959. The van der Waals surface area contributed by atoms with Crippen LogP contribution in [0.5, 0.6) is 0 Å². The lowest BCUT2D eigenvalue weighted by atomic mass is 10.2. The number of rotatable bonds is 6. The van der Waals surface area contributed by atoms with Gasteiger partial charge in [-0.05, 0) is 0 Å². The smallest absolute Gasteiger partial charge is 0.342 e. The minimum Gasteiger partial charge on any atom is -0.477 e. The third-order valence-electron chi connectivity index (χ3n) is 3.15. The molecule has 114 valence electrons. The van der Waals surface area contributed by atoms with Crippen LogP contribution in [0, 0.1) is 10.1 Å². The molecule has 1 fully saturated rings. The van der Waals surface area contributed by atoms with Crippen LogP contribution >= 0.6 is 0 Å². The van der Waals surface area contributed by atoms with Gasteiger partial charge in [-0.2, -0.15) is 0 Å². The zero-order valence-corrected chi connectivity index (χ0v) is 11.3. The molecule has 0 radical (unpaired) electrons. The largest absolute Gasteiger partial charge is 0.477 e. The lowest BCUT2D eigenvalue weighted by Gasteiger charge is -2.26. The normalized spacial score (nSPS) is 15.6. The van der Waals surface area contributed by atoms with Gasteiger partial charge in [-0.3, -0.25) is 15.0 Å². The van der Waals surface area contributed by atoms with Crippen LogP contribution in [0.3, 0.4) is 0 Å². The maximum absolute atomic E-state index is 11.0. The number of carboxylic acid groups (broad SMARTS) is 1. The number of carbonyl (C=O) groups is 1. The number of nitro groups is 1. The summed E-state index contributed by atoms with van der Waals surface area (Å²) in [7, 11) is 0. The lowest BCUT2D eigenvalue weighted by molar-refractivity contribution is -0.385. The van der Waals surface area contributed by atoms with E-state index in [9.17, 15) is 14.9 Å². The monoisotopic (exact) mass is 296 g/mol. The van der Waals surface area contributed by atoms with Gasteiger partial charge in [0.15, 0.2) is 0 Å². The van der Waals surface area contributed by atoms with Crippen LogP contribution in [0.4, 0.5) is 11.5 Å². The number of morpholine rings is 1. The fourth-order valence-electron chi connectivity index (χ4n) is 2.03. The van der Waals surface area contributed by atoms with Crippen LogP contribution in [0.15, 0.2) is 12.3 Å². The molecule has 0 bridgehead atoms. The Kier molecular flexibility index (Phi) is 5.01. The van der Waals surface area contributed by atoms with Crippen molar-refractivity contribution in [3.8, 4) is 0 Å². The van der Waals surface area contributed by atoms with Gasteiger partial charge in [0, 0.05) is 32.2 Å². The number of hydrogen-bond donors (Lipinski definition) is 2. The molecular formula is C12H16N4O5. The first-order valence-electron chi connectivity index (χ1n) is 6.49. The van der Waals surface area contributed by atoms with E-state index in [1.54, 1.807) is 0 Å². The summed E-state index contributed by atoms with van der Waals surface area (Å²) < 4.78 is 5.24. The van der Waals surface area contributed by atoms with Crippen molar-refractivity contribution in [1.29, 1.82) is 0 Å². The number of carboxylic acids is 1. The summed E-state index contributed by atoms with van der Waals surface area (Å²) in [5.74, 6) is -1.04. The Bertz CT molecular complexity index is 530. The Morgan fingerprint density at radius 2 is 2.24 bits per heavy atom. The van der Waals surface area contributed by atoms with Crippen LogP contribution in [-0.2, 0) is 4.74 Å². The van der Waals surface area contributed by atoms with Gasteiger partial charge < -0.3 is 15.2 Å². The van der Waals surface area contributed by atoms with E-state index in [1.165, 1.54) is 6.07 Å². The molecule has 1 aliphatic heterocycles. The van der Waals surface area contributed by atoms with Crippen molar-refractivity contribution in [2.45, 2.75) is 0 Å². The standard InChI is InChI=1S/C12H16N4O5/c17-12(18)9-7-11(14-8-10(9)16(19)20)13-1-2-15-3-5-21-6-4-15/h7-8H,1-6H2,(H,13,14)(H,17,18). The van der Waals surface area contributed by atoms with Gasteiger partial charge in [0.05, 0.1) is 18.1 Å². The van der Waals surface area contributed by atoms with E-state index in [1.807, 2.05) is 0 Å². The Labute approximate surface area is 120 Å². The van der Waals surface area contributed by atoms with Crippen molar-refractivity contribution >= 4 is 17.5 Å². The van der Waals surface area contributed by atoms with Crippen molar-refractivity contribution in [3.63, 3.8) is 0 Å². The summed E-state index contributed by atoms with van der Waals surface area (Å²) in [5, 5.41) is 22.7. The minimum atomic E-state index is -1.35. The van der Waals surface area contributed by atoms with Crippen molar-refractivity contribution in [2.24, 2.45) is 0 Å². The number of ether oxygens (including phenoxy) is 1. The predicted molar refractivity (Wildman–Crippen MR) is 73.6 cm³/mol. The molecule has 0 aliphatic carbocycles. The summed E-state index contributed by atoms with van der Waals surface area (Å²) in [6.45, 7) is 4.47. The first kappa shape index (κ1) is 15.1. The fourth-order valence-corrected chi connectivity index (χ4v) is 2.03. The van der Waals surface area contributed by atoms with Crippen LogP contribution in [0.1, 0.15) is 10.4 Å². The summed E-state index contributed by atoms with van der Waals surface area (Å²) >= 11 is 0. The van der Waals surface area contributed by atoms with Crippen LogP contribution in [-0.4, -0.2) is 65.3 Å². The quantitative estimate of drug-likeness (QED) is 0.573. The Morgan fingerprint density at radius 1 is 1.52 bits per heavy atom. The highest BCUT2D eigenvalue weighted by Gasteiger charge is 2.21. The average molecular weight is 296 g/mol. The van der Waals surface area contributed by atoms with Gasteiger partial charge in [0.2, 0.25) is 0 Å². The van der Waals surface area contributed by atoms with Crippen LogP contribution < -0.4 is 5.32 Å². The molecule has 0 aromatic carbocycles. The number of pyridine rings is 1. The topological polar surface area (TPSA) is 118 Å². The number of aromatic nitrogens is 1. The van der Waals surface area contributed by atoms with E-state index in [-0.39, 0.29) is 5.56 Å². The molecule has 9 nitrogen and oxygen atoms in total. The molecule has 0 spiro atoms. The number of nitrogens with zero attached hydrogens (tertiary/aromatic N) is 3.